The highest BCUT2D eigenvalue weighted by molar-refractivity contribution is 8.00. The van der Waals surface area contributed by atoms with Crippen molar-refractivity contribution in [1.82, 2.24) is 4.98 Å². The Kier molecular flexibility index (Phi) is 8.90. The van der Waals surface area contributed by atoms with E-state index in [4.69, 9.17) is 4.74 Å². The average Bonchev–Trinajstić information content (AvgIpc) is 3.49. The predicted molar refractivity (Wildman–Crippen MR) is 165 cm³/mol. The van der Waals surface area contributed by atoms with Crippen LogP contribution in [-0.4, -0.2) is 28.8 Å². The van der Waals surface area contributed by atoms with Crippen LogP contribution in [0.4, 0.5) is 16.5 Å². The first-order chi connectivity index (χ1) is 20.4. The number of carbonyl (C=O) groups excluding carboxylic acids is 2. The molecule has 2 amide bonds. The maximum absolute atomic E-state index is 13.6. The summed E-state index contributed by atoms with van der Waals surface area (Å²) in [5, 5.41) is 18.6. The molecule has 0 bridgehead atoms. The largest absolute Gasteiger partial charge is 0.497 e. The molecule has 42 heavy (non-hydrogen) atoms. The Balaban J connectivity index is 1.33. The summed E-state index contributed by atoms with van der Waals surface area (Å²) in [7, 11) is 1.61. The highest BCUT2D eigenvalue weighted by Crippen LogP contribution is 2.38. The van der Waals surface area contributed by atoms with Crippen molar-refractivity contribution in [2.45, 2.75) is 10.1 Å². The molecule has 5 aromatic rings. The zero-order valence-electron chi connectivity index (χ0n) is 22.2. The predicted octanol–water partition coefficient (Wildman–Crippen LogP) is 7.45. The number of hydrogen-bond donors (Lipinski definition) is 2. The summed E-state index contributed by atoms with van der Waals surface area (Å²) in [6.07, 6.45) is 0. The van der Waals surface area contributed by atoms with Gasteiger partial charge < -0.3 is 15.4 Å². The number of aromatic nitrogens is 1. The van der Waals surface area contributed by atoms with Gasteiger partial charge in [0.2, 0.25) is 5.91 Å². The van der Waals surface area contributed by atoms with E-state index in [-0.39, 0.29) is 17.2 Å². The lowest BCUT2D eigenvalue weighted by atomic mass is 10.1. The van der Waals surface area contributed by atoms with E-state index in [1.807, 2.05) is 66.0 Å². The van der Waals surface area contributed by atoms with Gasteiger partial charge in [-0.2, -0.15) is 0 Å². The van der Waals surface area contributed by atoms with Crippen LogP contribution in [0.1, 0.15) is 21.2 Å². The van der Waals surface area contributed by atoms with Crippen molar-refractivity contribution in [3.63, 3.8) is 0 Å². The summed E-state index contributed by atoms with van der Waals surface area (Å²) >= 11 is 2.66. The molecule has 1 unspecified atom stereocenters. The van der Waals surface area contributed by atoms with Crippen LogP contribution < -0.4 is 15.4 Å². The Hall–Kier alpha value is -5.00. The second-order valence-corrected chi connectivity index (χ2v) is 11.0. The highest BCUT2D eigenvalue weighted by atomic mass is 32.2. The second kappa shape index (κ2) is 13.1. The minimum Gasteiger partial charge on any atom is -0.497 e. The molecule has 1 atom stereocenters. The third kappa shape index (κ3) is 7.00. The smallest absolute Gasteiger partial charge is 0.270 e. The van der Waals surface area contributed by atoms with Crippen molar-refractivity contribution in [1.29, 1.82) is 0 Å². The van der Waals surface area contributed by atoms with Gasteiger partial charge in [0.05, 0.1) is 17.7 Å². The standard InChI is InChI=1S/C31H24N4O5S2/c1-40-25-14-6-10-21(17-25)27-19-41-31(33-27)34-30(37)28(20-8-3-2-4-9-20)42-26-15-7-12-23(18-26)32-29(36)22-11-5-13-24(16-22)35(38)39/h2-19,28H,1H3,(H,32,36)(H,33,34,37). The Labute approximate surface area is 249 Å². The third-order valence-electron chi connectivity index (χ3n) is 6.11. The van der Waals surface area contributed by atoms with E-state index in [0.29, 0.717) is 10.8 Å². The van der Waals surface area contributed by atoms with Gasteiger partial charge in [-0.25, -0.2) is 4.98 Å². The topological polar surface area (TPSA) is 123 Å². The van der Waals surface area contributed by atoms with Crippen molar-refractivity contribution in [2.75, 3.05) is 17.7 Å². The van der Waals surface area contributed by atoms with Gasteiger partial charge in [-0.3, -0.25) is 19.7 Å². The highest BCUT2D eigenvalue weighted by Gasteiger charge is 2.24. The Morgan fingerprint density at radius 2 is 1.71 bits per heavy atom. The normalized spacial score (nSPS) is 11.4. The summed E-state index contributed by atoms with van der Waals surface area (Å²) in [6, 6.07) is 29.6. The zero-order valence-corrected chi connectivity index (χ0v) is 23.9. The van der Waals surface area contributed by atoms with Gasteiger partial charge in [0.15, 0.2) is 5.13 Å². The van der Waals surface area contributed by atoms with E-state index in [9.17, 15) is 19.7 Å². The lowest BCUT2D eigenvalue weighted by Gasteiger charge is -2.17. The number of benzene rings is 4. The zero-order chi connectivity index (χ0) is 29.5. The molecule has 9 nitrogen and oxygen atoms in total. The minimum atomic E-state index is -0.613. The Morgan fingerprint density at radius 3 is 2.50 bits per heavy atom. The second-order valence-electron chi connectivity index (χ2n) is 8.96. The Morgan fingerprint density at radius 1 is 0.929 bits per heavy atom. The number of thioether (sulfide) groups is 1. The molecule has 1 aromatic heterocycles. The van der Waals surface area contributed by atoms with Crippen LogP contribution >= 0.6 is 23.1 Å². The first kappa shape index (κ1) is 28.5. The molecule has 0 saturated heterocycles. The first-order valence-corrected chi connectivity index (χ1v) is 14.4. The van der Waals surface area contributed by atoms with Crippen LogP contribution in [0.5, 0.6) is 5.75 Å². The van der Waals surface area contributed by atoms with E-state index in [0.717, 1.165) is 27.5 Å². The summed E-state index contributed by atoms with van der Waals surface area (Å²) < 4.78 is 5.31. The molecule has 4 aromatic carbocycles. The van der Waals surface area contributed by atoms with E-state index in [1.165, 1.54) is 47.4 Å². The molecule has 0 fully saturated rings. The number of nitrogens with zero attached hydrogens (tertiary/aromatic N) is 2. The monoisotopic (exact) mass is 596 g/mol. The molecule has 11 heteroatoms. The van der Waals surface area contributed by atoms with E-state index in [2.05, 4.69) is 15.6 Å². The van der Waals surface area contributed by atoms with Crippen molar-refractivity contribution in [2.24, 2.45) is 0 Å². The SMILES string of the molecule is COc1cccc(-c2csc(NC(=O)C(Sc3cccc(NC(=O)c4cccc([N+](=O)[O-])c4)c3)c3ccccc3)n2)c1. The number of amides is 2. The molecule has 0 aliphatic rings. The molecular formula is C31H24N4O5S2. The van der Waals surface area contributed by atoms with Gasteiger partial charge in [-0.15, -0.1) is 23.1 Å². The molecule has 2 N–H and O–H groups in total. The number of carbonyl (C=O) groups is 2. The van der Waals surface area contributed by atoms with Gasteiger partial charge in [0.25, 0.3) is 11.6 Å². The quantitative estimate of drug-likeness (QED) is 0.0975. The summed E-state index contributed by atoms with van der Waals surface area (Å²) in [6.45, 7) is 0. The van der Waals surface area contributed by atoms with Crippen LogP contribution in [0.3, 0.4) is 0 Å². The molecule has 5 rings (SSSR count). The fourth-order valence-corrected chi connectivity index (χ4v) is 5.87. The summed E-state index contributed by atoms with van der Waals surface area (Å²) in [5.74, 6) is -0.00674. The number of rotatable bonds is 10. The van der Waals surface area contributed by atoms with Gasteiger partial charge in [0.1, 0.15) is 11.0 Å². The van der Waals surface area contributed by atoms with E-state index < -0.39 is 16.1 Å². The maximum Gasteiger partial charge on any atom is 0.270 e. The van der Waals surface area contributed by atoms with Crippen LogP contribution in [0, 0.1) is 10.1 Å². The molecule has 0 aliphatic carbocycles. The van der Waals surface area contributed by atoms with Gasteiger partial charge in [-0.05, 0) is 42.0 Å². The van der Waals surface area contributed by atoms with Crippen LogP contribution in [0.25, 0.3) is 11.3 Å². The van der Waals surface area contributed by atoms with Crippen molar-refractivity contribution < 1.29 is 19.2 Å². The maximum atomic E-state index is 13.6. The lowest BCUT2D eigenvalue weighted by Crippen LogP contribution is -2.19. The number of nitro groups is 1. The number of hydrogen-bond acceptors (Lipinski definition) is 8. The number of nitro benzene ring substituents is 1. The third-order valence-corrected chi connectivity index (χ3v) is 8.11. The van der Waals surface area contributed by atoms with Crippen molar-refractivity contribution in [3.05, 3.63) is 130 Å². The van der Waals surface area contributed by atoms with Gasteiger partial charge >= 0.3 is 0 Å². The van der Waals surface area contributed by atoms with E-state index >= 15 is 0 Å². The fourth-order valence-electron chi connectivity index (χ4n) is 4.07. The number of nitrogens with one attached hydrogen (secondary N) is 2. The van der Waals surface area contributed by atoms with Crippen LogP contribution in [-0.2, 0) is 4.79 Å². The lowest BCUT2D eigenvalue weighted by molar-refractivity contribution is -0.384. The molecule has 0 radical (unpaired) electrons. The van der Waals surface area contributed by atoms with Crippen molar-refractivity contribution >= 4 is 51.4 Å². The van der Waals surface area contributed by atoms with Crippen molar-refractivity contribution in [3.8, 4) is 17.0 Å². The molecular weight excluding hydrogens is 572 g/mol. The molecule has 1 heterocycles. The number of non-ortho nitro benzene ring substituents is 1. The molecule has 210 valence electrons. The summed E-state index contributed by atoms with van der Waals surface area (Å²) in [5.41, 5.74) is 2.90. The van der Waals surface area contributed by atoms with E-state index in [1.54, 1.807) is 25.3 Å². The first-order valence-electron chi connectivity index (χ1n) is 12.7. The number of thiazole rings is 1. The van der Waals surface area contributed by atoms with Crippen LogP contribution in [0.2, 0.25) is 0 Å². The van der Waals surface area contributed by atoms with Gasteiger partial charge in [0, 0.05) is 39.2 Å². The average molecular weight is 597 g/mol. The summed E-state index contributed by atoms with van der Waals surface area (Å²) in [4.78, 5) is 42.3. The Bertz CT molecular complexity index is 1740. The number of ether oxygens (including phenoxy) is 1. The molecule has 0 spiro atoms. The molecule has 0 aliphatic heterocycles. The minimum absolute atomic E-state index is 0.167. The number of anilines is 2. The van der Waals surface area contributed by atoms with Crippen LogP contribution in [0.15, 0.2) is 113 Å². The van der Waals surface area contributed by atoms with Gasteiger partial charge in [-0.1, -0.05) is 54.6 Å². The number of methoxy groups -OCH3 is 1. The fraction of sp³-hybridized carbons (Fsp3) is 0.0645. The molecule has 0 saturated carbocycles.